The van der Waals surface area contributed by atoms with Crippen molar-refractivity contribution in [2.24, 2.45) is 5.41 Å². The molecule has 0 radical (unpaired) electrons. The van der Waals surface area contributed by atoms with Crippen LogP contribution >= 0.6 is 15.9 Å². The summed E-state index contributed by atoms with van der Waals surface area (Å²) >= 11 is 3.37. The highest BCUT2D eigenvalue weighted by molar-refractivity contribution is 9.10. The molecule has 0 aromatic heterocycles. The smallest absolute Gasteiger partial charge is 0.0977 e. The summed E-state index contributed by atoms with van der Waals surface area (Å²) in [6.45, 7) is 5.79. The number of nitrogens with zero attached hydrogens (tertiary/aromatic N) is 1. The first-order valence-electron chi connectivity index (χ1n) is 5.19. The van der Waals surface area contributed by atoms with Crippen molar-refractivity contribution in [3.63, 3.8) is 0 Å². The molecule has 0 aliphatic carbocycles. The number of rotatable bonds is 2. The number of benzene rings is 1. The first-order chi connectivity index (χ1) is 7.36. The van der Waals surface area contributed by atoms with Crippen molar-refractivity contribution < 1.29 is 5.11 Å². The molecule has 2 atom stereocenters. The molecule has 3 heteroatoms. The Kier molecular flexibility index (Phi) is 4.12. The van der Waals surface area contributed by atoms with E-state index in [2.05, 4.69) is 22.0 Å². The zero-order chi connectivity index (χ0) is 12.3. The minimum Gasteiger partial charge on any atom is -0.391 e. The summed E-state index contributed by atoms with van der Waals surface area (Å²) in [5.41, 5.74) is 0.544. The summed E-state index contributed by atoms with van der Waals surface area (Å²) in [6, 6.07) is 9.71. The molecule has 1 N–H and O–H groups in total. The van der Waals surface area contributed by atoms with E-state index in [4.69, 9.17) is 0 Å². The molecule has 86 valence electrons. The van der Waals surface area contributed by atoms with Crippen LogP contribution in [-0.2, 0) is 0 Å². The first kappa shape index (κ1) is 13.2. The van der Waals surface area contributed by atoms with Gasteiger partial charge in [0.05, 0.1) is 18.1 Å². The maximum absolute atomic E-state index is 10.2. The molecule has 2 unspecified atom stereocenters. The predicted molar refractivity (Wildman–Crippen MR) is 68.0 cm³/mol. The van der Waals surface area contributed by atoms with Gasteiger partial charge in [-0.1, -0.05) is 48.8 Å². The molecule has 0 bridgehead atoms. The number of hydrogen-bond donors (Lipinski definition) is 1. The topological polar surface area (TPSA) is 44.0 Å². The third kappa shape index (κ3) is 3.07. The Bertz CT molecular complexity index is 403. The largest absolute Gasteiger partial charge is 0.391 e. The van der Waals surface area contributed by atoms with Crippen LogP contribution in [0.4, 0.5) is 0 Å². The van der Waals surface area contributed by atoms with Crippen LogP contribution in [0.3, 0.4) is 0 Å². The van der Waals surface area contributed by atoms with Gasteiger partial charge in [0, 0.05) is 4.47 Å². The fourth-order valence-corrected chi connectivity index (χ4v) is 1.94. The maximum atomic E-state index is 10.2. The van der Waals surface area contributed by atoms with Crippen molar-refractivity contribution >= 4 is 15.9 Å². The quantitative estimate of drug-likeness (QED) is 0.902. The first-order valence-corrected chi connectivity index (χ1v) is 5.98. The maximum Gasteiger partial charge on any atom is 0.0977 e. The summed E-state index contributed by atoms with van der Waals surface area (Å²) in [4.78, 5) is 0. The van der Waals surface area contributed by atoms with E-state index in [9.17, 15) is 10.4 Å². The highest BCUT2D eigenvalue weighted by Crippen LogP contribution is 2.32. The van der Waals surface area contributed by atoms with Crippen molar-refractivity contribution in [3.8, 4) is 6.07 Å². The molecule has 0 heterocycles. The molecule has 1 aromatic carbocycles. The van der Waals surface area contributed by atoms with Gasteiger partial charge in [-0.2, -0.15) is 5.26 Å². The van der Waals surface area contributed by atoms with E-state index >= 15 is 0 Å². The van der Waals surface area contributed by atoms with E-state index in [0.717, 1.165) is 10.0 Å². The Morgan fingerprint density at radius 3 is 2.44 bits per heavy atom. The van der Waals surface area contributed by atoms with Crippen LogP contribution in [0.15, 0.2) is 28.7 Å². The fraction of sp³-hybridized carbons (Fsp3) is 0.462. The zero-order valence-corrected chi connectivity index (χ0v) is 11.3. The van der Waals surface area contributed by atoms with Gasteiger partial charge >= 0.3 is 0 Å². The van der Waals surface area contributed by atoms with Crippen molar-refractivity contribution in [3.05, 3.63) is 34.3 Å². The molecular formula is C13H16BrNO. The monoisotopic (exact) mass is 281 g/mol. The lowest BCUT2D eigenvalue weighted by molar-refractivity contribution is 0.0527. The summed E-state index contributed by atoms with van der Waals surface area (Å²) < 4.78 is 0.923. The van der Waals surface area contributed by atoms with Gasteiger partial charge in [-0.25, -0.2) is 0 Å². The van der Waals surface area contributed by atoms with Gasteiger partial charge in [0.2, 0.25) is 0 Å². The standard InChI is InChI=1S/C13H16BrNO/c1-13(2,3)12(16)11(8-15)9-5-4-6-10(14)7-9/h4-7,11-12,16H,1-3H3. The van der Waals surface area contributed by atoms with Gasteiger partial charge in [-0.3, -0.25) is 0 Å². The third-order valence-electron chi connectivity index (χ3n) is 2.55. The van der Waals surface area contributed by atoms with Crippen molar-refractivity contribution in [1.82, 2.24) is 0 Å². The van der Waals surface area contributed by atoms with Crippen molar-refractivity contribution in [2.45, 2.75) is 32.8 Å². The van der Waals surface area contributed by atoms with E-state index in [0.29, 0.717) is 0 Å². The van der Waals surface area contributed by atoms with Gasteiger partial charge < -0.3 is 5.11 Å². The summed E-state index contributed by atoms with van der Waals surface area (Å²) in [5, 5.41) is 19.3. The molecule has 0 saturated heterocycles. The normalized spacial score (nSPS) is 15.2. The Labute approximate surface area is 105 Å². The number of aliphatic hydroxyl groups is 1. The van der Waals surface area contributed by atoms with Gasteiger partial charge in [0.1, 0.15) is 0 Å². The molecule has 2 nitrogen and oxygen atoms in total. The van der Waals surface area contributed by atoms with Crippen LogP contribution < -0.4 is 0 Å². The highest BCUT2D eigenvalue weighted by Gasteiger charge is 2.31. The van der Waals surface area contributed by atoms with Gasteiger partial charge in [0.25, 0.3) is 0 Å². The summed E-state index contributed by atoms with van der Waals surface area (Å²) in [6.07, 6.45) is -0.674. The number of aliphatic hydroxyl groups excluding tert-OH is 1. The molecule has 0 amide bonds. The minimum atomic E-state index is -0.674. The highest BCUT2D eigenvalue weighted by atomic mass is 79.9. The number of hydrogen-bond acceptors (Lipinski definition) is 2. The van der Waals surface area contributed by atoms with E-state index in [-0.39, 0.29) is 5.41 Å². The van der Waals surface area contributed by atoms with E-state index in [1.165, 1.54) is 0 Å². The molecule has 0 aliphatic rings. The number of halogens is 1. The van der Waals surface area contributed by atoms with Gasteiger partial charge in [-0.15, -0.1) is 0 Å². The van der Waals surface area contributed by atoms with Crippen molar-refractivity contribution in [1.29, 1.82) is 5.26 Å². The SMILES string of the molecule is CC(C)(C)C(O)C(C#N)c1cccc(Br)c1. The van der Waals surface area contributed by atoms with Crippen LogP contribution in [-0.4, -0.2) is 11.2 Å². The second kappa shape index (κ2) is 4.99. The van der Waals surface area contributed by atoms with Crippen molar-refractivity contribution in [2.75, 3.05) is 0 Å². The molecule has 16 heavy (non-hydrogen) atoms. The average molecular weight is 282 g/mol. The zero-order valence-electron chi connectivity index (χ0n) is 9.74. The molecule has 0 spiro atoms. The molecule has 1 rings (SSSR count). The lowest BCUT2D eigenvalue weighted by Gasteiger charge is -2.29. The minimum absolute atomic E-state index is 0.303. The van der Waals surface area contributed by atoms with Crippen LogP contribution in [0.25, 0.3) is 0 Å². The van der Waals surface area contributed by atoms with Gasteiger partial charge in [-0.05, 0) is 23.1 Å². The van der Waals surface area contributed by atoms with Crippen LogP contribution in [0, 0.1) is 16.7 Å². The molecule has 1 aromatic rings. The van der Waals surface area contributed by atoms with Crippen LogP contribution in [0.5, 0.6) is 0 Å². The Hall–Kier alpha value is -0.850. The molecular weight excluding hydrogens is 266 g/mol. The lowest BCUT2D eigenvalue weighted by Crippen LogP contribution is -2.31. The van der Waals surface area contributed by atoms with E-state index in [1.807, 2.05) is 45.0 Å². The van der Waals surface area contributed by atoms with Crippen LogP contribution in [0.2, 0.25) is 0 Å². The molecule has 0 saturated carbocycles. The summed E-state index contributed by atoms with van der Waals surface area (Å²) in [7, 11) is 0. The Morgan fingerprint density at radius 2 is 2.00 bits per heavy atom. The number of nitriles is 1. The molecule has 0 aliphatic heterocycles. The van der Waals surface area contributed by atoms with Gasteiger partial charge in [0.15, 0.2) is 0 Å². The third-order valence-corrected chi connectivity index (χ3v) is 3.04. The average Bonchev–Trinajstić information content (AvgIpc) is 2.17. The Balaban J connectivity index is 3.05. The molecule has 0 fully saturated rings. The van der Waals surface area contributed by atoms with Crippen LogP contribution in [0.1, 0.15) is 32.3 Å². The predicted octanol–water partition coefficient (Wildman–Crippen LogP) is 3.46. The van der Waals surface area contributed by atoms with E-state index in [1.54, 1.807) is 0 Å². The fourth-order valence-electron chi connectivity index (χ4n) is 1.53. The Morgan fingerprint density at radius 1 is 1.38 bits per heavy atom. The lowest BCUT2D eigenvalue weighted by atomic mass is 9.79. The second-order valence-electron chi connectivity index (χ2n) is 4.97. The second-order valence-corrected chi connectivity index (χ2v) is 5.89. The van der Waals surface area contributed by atoms with E-state index < -0.39 is 12.0 Å². The summed E-state index contributed by atoms with van der Waals surface area (Å²) in [5.74, 6) is -0.488.